The predicted octanol–water partition coefficient (Wildman–Crippen LogP) is 5.51. The molecule has 0 heterocycles. The lowest BCUT2D eigenvalue weighted by atomic mass is 10.0. The second kappa shape index (κ2) is 5.22. The largest absolute Gasteiger partial charge is 0.121 e. The molecule has 0 aromatic heterocycles. The molecule has 0 aliphatic carbocycles. The zero-order valence-electron chi connectivity index (χ0n) is 8.38. The average Bonchev–Trinajstić information content (AvgIpc) is 2.28. The van der Waals surface area contributed by atoms with Crippen LogP contribution in [-0.4, -0.2) is 0 Å². The molecule has 2 aromatic carbocycles. The maximum absolute atomic E-state index is 5.99. The molecule has 0 radical (unpaired) electrons. The summed E-state index contributed by atoms with van der Waals surface area (Å²) >= 11 is 15.5. The van der Waals surface area contributed by atoms with Crippen molar-refractivity contribution in [3.63, 3.8) is 0 Å². The van der Waals surface area contributed by atoms with Crippen LogP contribution in [0.4, 0.5) is 0 Å². The quantitative estimate of drug-likeness (QED) is 0.641. The van der Waals surface area contributed by atoms with Crippen molar-refractivity contribution in [1.82, 2.24) is 0 Å². The van der Waals surface area contributed by atoms with Crippen molar-refractivity contribution in [1.29, 1.82) is 0 Å². The van der Waals surface area contributed by atoms with E-state index in [1.54, 1.807) is 0 Å². The van der Waals surface area contributed by atoms with Crippen LogP contribution in [0.1, 0.15) is 5.56 Å². The van der Waals surface area contributed by atoms with E-state index in [2.05, 4.69) is 15.9 Å². The molecule has 2 rings (SSSR count). The molecule has 0 bridgehead atoms. The van der Waals surface area contributed by atoms with Crippen molar-refractivity contribution >= 4 is 39.1 Å². The summed E-state index contributed by atoms with van der Waals surface area (Å²) in [5, 5.41) is 0.734. The first-order chi connectivity index (χ1) is 7.72. The van der Waals surface area contributed by atoms with Gasteiger partial charge in [0.2, 0.25) is 0 Å². The Labute approximate surface area is 113 Å². The number of halogens is 3. The summed E-state index contributed by atoms with van der Waals surface area (Å²) in [5.41, 5.74) is 3.29. The van der Waals surface area contributed by atoms with E-state index in [9.17, 15) is 0 Å². The fraction of sp³-hybridized carbons (Fsp3) is 0.0769. The average molecular weight is 316 g/mol. The molecular weight excluding hydrogens is 307 g/mol. The summed E-state index contributed by atoms with van der Waals surface area (Å²) in [5.74, 6) is 0.475. The summed E-state index contributed by atoms with van der Waals surface area (Å²) in [6.07, 6.45) is 0. The van der Waals surface area contributed by atoms with E-state index in [0.29, 0.717) is 5.88 Å². The monoisotopic (exact) mass is 314 g/mol. The van der Waals surface area contributed by atoms with Crippen LogP contribution in [0, 0.1) is 0 Å². The zero-order valence-corrected chi connectivity index (χ0v) is 11.5. The molecule has 0 atom stereocenters. The summed E-state index contributed by atoms with van der Waals surface area (Å²) in [6.45, 7) is 0. The highest BCUT2D eigenvalue weighted by Crippen LogP contribution is 2.31. The number of benzene rings is 2. The van der Waals surface area contributed by atoms with Crippen molar-refractivity contribution in [3.05, 3.63) is 57.5 Å². The van der Waals surface area contributed by atoms with Crippen LogP contribution in [0.2, 0.25) is 5.02 Å². The molecule has 0 spiro atoms. The number of rotatable bonds is 2. The Hall–Kier alpha value is -0.500. The third kappa shape index (κ3) is 2.42. The maximum Gasteiger partial charge on any atom is 0.0491 e. The Bertz CT molecular complexity index is 509. The van der Waals surface area contributed by atoms with Gasteiger partial charge in [-0.05, 0) is 34.9 Å². The van der Waals surface area contributed by atoms with E-state index < -0.39 is 0 Å². The van der Waals surface area contributed by atoms with Gasteiger partial charge in [0, 0.05) is 15.4 Å². The third-order valence-corrected chi connectivity index (χ3v) is 3.63. The molecule has 0 saturated heterocycles. The summed E-state index contributed by atoms with van der Waals surface area (Å²) < 4.78 is 1.03. The molecule has 0 amide bonds. The van der Waals surface area contributed by atoms with E-state index in [1.165, 1.54) is 0 Å². The third-order valence-electron chi connectivity index (χ3n) is 2.39. The fourth-order valence-electron chi connectivity index (χ4n) is 1.62. The Morgan fingerprint density at radius 1 is 1.06 bits per heavy atom. The fourth-order valence-corrected chi connectivity index (χ4v) is 2.77. The smallest absolute Gasteiger partial charge is 0.0491 e. The maximum atomic E-state index is 5.99. The van der Waals surface area contributed by atoms with Gasteiger partial charge in [-0.25, -0.2) is 0 Å². The molecule has 0 aliphatic rings. The topological polar surface area (TPSA) is 0 Å². The second-order valence-electron chi connectivity index (χ2n) is 3.41. The lowest BCUT2D eigenvalue weighted by molar-refractivity contribution is 1.37. The molecule has 0 aliphatic heterocycles. The molecule has 0 fully saturated rings. The van der Waals surface area contributed by atoms with Crippen LogP contribution in [0.25, 0.3) is 11.1 Å². The minimum absolute atomic E-state index is 0.475. The minimum atomic E-state index is 0.475. The molecule has 82 valence electrons. The summed E-state index contributed by atoms with van der Waals surface area (Å²) in [7, 11) is 0. The van der Waals surface area contributed by atoms with Crippen LogP contribution in [-0.2, 0) is 5.88 Å². The van der Waals surface area contributed by atoms with Crippen molar-refractivity contribution in [2.24, 2.45) is 0 Å². The van der Waals surface area contributed by atoms with Crippen LogP contribution in [0.5, 0.6) is 0 Å². The number of hydrogen-bond acceptors (Lipinski definition) is 0. The zero-order chi connectivity index (χ0) is 11.5. The molecule has 0 unspecified atom stereocenters. The molecule has 16 heavy (non-hydrogen) atoms. The Morgan fingerprint density at radius 2 is 1.81 bits per heavy atom. The van der Waals surface area contributed by atoms with E-state index in [-0.39, 0.29) is 0 Å². The van der Waals surface area contributed by atoms with Crippen molar-refractivity contribution in [3.8, 4) is 11.1 Å². The first-order valence-electron chi connectivity index (χ1n) is 4.81. The normalized spacial score (nSPS) is 10.4. The standard InChI is InChI=1S/C13H9BrCl2/c14-13-6-2-5-11(12(13)8-15)9-3-1-4-10(16)7-9/h1-7H,8H2. The van der Waals surface area contributed by atoms with Crippen LogP contribution >= 0.6 is 39.1 Å². The lowest BCUT2D eigenvalue weighted by Crippen LogP contribution is -1.87. The molecule has 0 saturated carbocycles. The van der Waals surface area contributed by atoms with Gasteiger partial charge >= 0.3 is 0 Å². The van der Waals surface area contributed by atoms with Gasteiger partial charge in [-0.3, -0.25) is 0 Å². The molecule has 0 nitrogen and oxygen atoms in total. The van der Waals surface area contributed by atoms with Crippen LogP contribution in [0.15, 0.2) is 46.9 Å². The number of alkyl halides is 1. The van der Waals surface area contributed by atoms with E-state index in [1.807, 2.05) is 42.5 Å². The van der Waals surface area contributed by atoms with Gasteiger partial charge in [0.05, 0.1) is 0 Å². The second-order valence-corrected chi connectivity index (χ2v) is 4.97. The van der Waals surface area contributed by atoms with Crippen LogP contribution < -0.4 is 0 Å². The molecule has 3 heteroatoms. The predicted molar refractivity (Wildman–Crippen MR) is 74.1 cm³/mol. The first kappa shape index (κ1) is 12.0. The number of hydrogen-bond donors (Lipinski definition) is 0. The van der Waals surface area contributed by atoms with Crippen molar-refractivity contribution < 1.29 is 0 Å². The van der Waals surface area contributed by atoms with Crippen molar-refractivity contribution in [2.45, 2.75) is 5.88 Å². The van der Waals surface area contributed by atoms with Gasteiger partial charge in [0.15, 0.2) is 0 Å². The van der Waals surface area contributed by atoms with Gasteiger partial charge in [0.25, 0.3) is 0 Å². The van der Waals surface area contributed by atoms with Gasteiger partial charge < -0.3 is 0 Å². The molecular formula is C13H9BrCl2. The van der Waals surface area contributed by atoms with Gasteiger partial charge in [0.1, 0.15) is 0 Å². The first-order valence-corrected chi connectivity index (χ1v) is 6.52. The van der Waals surface area contributed by atoms with Gasteiger partial charge in [-0.2, -0.15) is 0 Å². The highest BCUT2D eigenvalue weighted by atomic mass is 79.9. The SMILES string of the molecule is ClCc1c(Br)cccc1-c1cccc(Cl)c1. The highest BCUT2D eigenvalue weighted by Gasteiger charge is 2.07. The molecule has 2 aromatic rings. The minimum Gasteiger partial charge on any atom is -0.121 e. The van der Waals surface area contributed by atoms with Crippen LogP contribution in [0.3, 0.4) is 0 Å². The van der Waals surface area contributed by atoms with E-state index >= 15 is 0 Å². The van der Waals surface area contributed by atoms with Gasteiger partial charge in [-0.1, -0.05) is 51.8 Å². The van der Waals surface area contributed by atoms with Crippen molar-refractivity contribution in [2.75, 3.05) is 0 Å². The highest BCUT2D eigenvalue weighted by molar-refractivity contribution is 9.10. The molecule has 0 N–H and O–H groups in total. The van der Waals surface area contributed by atoms with E-state index in [4.69, 9.17) is 23.2 Å². The Morgan fingerprint density at radius 3 is 2.50 bits per heavy atom. The van der Waals surface area contributed by atoms with E-state index in [0.717, 1.165) is 26.2 Å². The van der Waals surface area contributed by atoms with Gasteiger partial charge in [-0.15, -0.1) is 11.6 Å². The Balaban J connectivity index is 2.60. The summed E-state index contributed by atoms with van der Waals surface area (Å²) in [4.78, 5) is 0. The lowest BCUT2D eigenvalue weighted by Gasteiger charge is -2.09. The Kier molecular flexibility index (Phi) is 3.91. The summed E-state index contributed by atoms with van der Waals surface area (Å²) in [6, 6.07) is 13.8.